The average molecular weight is 755 g/mol. The van der Waals surface area contributed by atoms with Gasteiger partial charge in [-0.2, -0.15) is 0 Å². The lowest BCUT2D eigenvalue weighted by molar-refractivity contribution is -0.361. The topological polar surface area (TPSA) is 217 Å². The van der Waals surface area contributed by atoms with E-state index in [-0.39, 0.29) is 41.5 Å². The highest BCUT2D eigenvalue weighted by Gasteiger charge is 2.76. The van der Waals surface area contributed by atoms with Crippen LogP contribution in [0.2, 0.25) is 0 Å². The Balaban J connectivity index is 0.950. The van der Waals surface area contributed by atoms with E-state index in [1.54, 1.807) is 6.92 Å². The lowest BCUT2D eigenvalue weighted by Crippen LogP contribution is -2.64. The SMILES string of the molecule is C[C@@H]1O[C@@H](O[C@@H]2[C@@H](O)[C@H](O[C@H]3CC[C@@]4(C)C(=CC[C@@H]5[C@@H]4CC[C@@]4(C)[C@H]5C[C@@H]5O[C@]6(CC[C@](C)(O)CO6)[C@@H](C)[C@@]54O)C3)O[C@H](CO)[C@H]2O)[C@H](O)[C@H](O)[C@H]1O. The summed E-state index contributed by atoms with van der Waals surface area (Å²) in [7, 11) is 0. The number of fused-ring (bicyclic) bond motifs is 7. The van der Waals surface area contributed by atoms with E-state index in [4.69, 9.17) is 28.4 Å². The zero-order chi connectivity index (χ0) is 38.0. The molecule has 4 aliphatic heterocycles. The molecule has 8 aliphatic rings. The average Bonchev–Trinajstić information content (AvgIpc) is 3.48. The largest absolute Gasteiger partial charge is 0.394 e. The molecule has 0 aromatic carbocycles. The minimum atomic E-state index is -1.64. The van der Waals surface area contributed by atoms with Crippen LogP contribution in [0.5, 0.6) is 0 Å². The highest BCUT2D eigenvalue weighted by Crippen LogP contribution is 2.72. The second kappa shape index (κ2) is 13.4. The molecule has 14 nitrogen and oxygen atoms in total. The van der Waals surface area contributed by atoms with Crippen molar-refractivity contribution in [3.8, 4) is 0 Å². The zero-order valence-electron chi connectivity index (χ0n) is 31.6. The molecule has 8 rings (SSSR count). The third-order valence-electron chi connectivity index (χ3n) is 15.9. The number of hydrogen-bond donors (Lipinski definition) is 8. The second-order valence-corrected chi connectivity index (χ2v) is 18.7. The van der Waals surface area contributed by atoms with Crippen LogP contribution in [0.15, 0.2) is 11.6 Å². The van der Waals surface area contributed by atoms with Crippen LogP contribution >= 0.6 is 0 Å². The monoisotopic (exact) mass is 754 g/mol. The van der Waals surface area contributed by atoms with Gasteiger partial charge in [0.2, 0.25) is 0 Å². The minimum absolute atomic E-state index is 0.0613. The molecule has 14 heteroatoms. The van der Waals surface area contributed by atoms with Gasteiger partial charge in [0.05, 0.1) is 37.1 Å². The fraction of sp³-hybridized carbons (Fsp3) is 0.949. The Morgan fingerprint density at radius 2 is 1.55 bits per heavy atom. The van der Waals surface area contributed by atoms with Crippen molar-refractivity contribution in [2.75, 3.05) is 13.2 Å². The molecule has 21 atom stereocenters. The summed E-state index contributed by atoms with van der Waals surface area (Å²) in [5, 5.41) is 86.5. The van der Waals surface area contributed by atoms with Gasteiger partial charge in [-0.05, 0) is 88.4 Å². The third kappa shape index (κ3) is 5.79. The molecule has 302 valence electrons. The molecule has 0 radical (unpaired) electrons. The summed E-state index contributed by atoms with van der Waals surface area (Å²) in [5.74, 6) is 0.00821. The number of aliphatic hydroxyl groups is 8. The van der Waals surface area contributed by atoms with Crippen molar-refractivity contribution < 1.29 is 69.3 Å². The van der Waals surface area contributed by atoms with Crippen LogP contribution in [0.4, 0.5) is 0 Å². The van der Waals surface area contributed by atoms with Crippen LogP contribution < -0.4 is 0 Å². The first-order chi connectivity index (χ1) is 24.9. The molecule has 8 N–H and O–H groups in total. The molecule has 0 bridgehead atoms. The maximum absolute atomic E-state index is 12.7. The maximum Gasteiger partial charge on any atom is 0.187 e. The summed E-state index contributed by atoms with van der Waals surface area (Å²) < 4.78 is 36.7. The van der Waals surface area contributed by atoms with Gasteiger partial charge in [0, 0.05) is 17.8 Å². The predicted octanol–water partition coefficient (Wildman–Crippen LogP) is 0.620. The molecule has 1 spiro atoms. The molecular weight excluding hydrogens is 692 g/mol. The van der Waals surface area contributed by atoms with Crippen molar-refractivity contribution in [2.45, 2.75) is 183 Å². The second-order valence-electron chi connectivity index (χ2n) is 18.7. The van der Waals surface area contributed by atoms with E-state index in [1.165, 1.54) is 12.5 Å². The molecule has 3 saturated carbocycles. The van der Waals surface area contributed by atoms with E-state index >= 15 is 0 Å². The summed E-state index contributed by atoms with van der Waals surface area (Å²) in [4.78, 5) is 0. The highest BCUT2D eigenvalue weighted by molar-refractivity contribution is 5.29. The van der Waals surface area contributed by atoms with Crippen LogP contribution in [0.1, 0.15) is 92.4 Å². The highest BCUT2D eigenvalue weighted by atomic mass is 16.7. The molecule has 4 aliphatic carbocycles. The zero-order valence-corrected chi connectivity index (χ0v) is 31.6. The summed E-state index contributed by atoms with van der Waals surface area (Å²) in [5.41, 5.74) is -0.985. The Kier molecular flexibility index (Phi) is 9.84. The fourth-order valence-corrected chi connectivity index (χ4v) is 12.5. The molecular formula is C39H62O14. The van der Waals surface area contributed by atoms with Gasteiger partial charge in [0.1, 0.15) is 48.3 Å². The van der Waals surface area contributed by atoms with Crippen LogP contribution in [0.3, 0.4) is 0 Å². The van der Waals surface area contributed by atoms with E-state index in [0.717, 1.165) is 32.1 Å². The first kappa shape index (κ1) is 39.0. The van der Waals surface area contributed by atoms with Gasteiger partial charge in [-0.1, -0.05) is 32.4 Å². The molecule has 0 aromatic heterocycles. The van der Waals surface area contributed by atoms with Gasteiger partial charge >= 0.3 is 0 Å². The first-order valence-electron chi connectivity index (χ1n) is 20.0. The Bertz CT molecular complexity index is 1400. The van der Waals surface area contributed by atoms with Gasteiger partial charge in [0.15, 0.2) is 18.4 Å². The predicted molar refractivity (Wildman–Crippen MR) is 184 cm³/mol. The standard InChI is InChI=1S/C39H62O14/c1-18-27(41)29(43)30(44)33(49-18)52-32-28(42)25(16-40)51-34(31(32)45)50-21-8-10-36(4)20(14-21)6-7-22-23(36)9-11-37(5)24(22)15-26-39(37,47)19(2)38(53-26)13-12-35(3,46)17-48-38/h6,18-19,21-34,40-47H,7-17H2,1-5H3/t18-,19+,21-,22+,23-,24-,25+,26-,27-,28+,29+,30+,31+,32-,33-,34+,35-,36-,37-,38+,39+/m0/s1. The number of hydrogen-bond acceptors (Lipinski definition) is 14. The quantitative estimate of drug-likeness (QED) is 0.181. The van der Waals surface area contributed by atoms with Crippen LogP contribution in [0.25, 0.3) is 0 Å². The summed E-state index contributed by atoms with van der Waals surface area (Å²) in [6.07, 6.45) is -5.07. The molecule has 4 heterocycles. The third-order valence-corrected chi connectivity index (χ3v) is 15.9. The molecule has 7 fully saturated rings. The molecule has 0 unspecified atom stereocenters. The molecule has 0 amide bonds. The fourth-order valence-electron chi connectivity index (χ4n) is 12.5. The number of aliphatic hydroxyl groups excluding tert-OH is 6. The normalized spacial score (nSPS) is 59.5. The van der Waals surface area contributed by atoms with Crippen molar-refractivity contribution in [3.63, 3.8) is 0 Å². The summed E-state index contributed by atoms with van der Waals surface area (Å²) in [6, 6.07) is 0. The molecule has 0 aromatic rings. The Morgan fingerprint density at radius 1 is 0.811 bits per heavy atom. The van der Waals surface area contributed by atoms with Gasteiger partial charge in [-0.25, -0.2) is 0 Å². The van der Waals surface area contributed by atoms with Crippen molar-refractivity contribution in [2.24, 2.45) is 34.5 Å². The Hall–Kier alpha value is -0.820. The van der Waals surface area contributed by atoms with Crippen LogP contribution in [-0.2, 0) is 28.4 Å². The van der Waals surface area contributed by atoms with E-state index in [0.29, 0.717) is 37.5 Å². The van der Waals surface area contributed by atoms with E-state index < -0.39 is 85.0 Å². The van der Waals surface area contributed by atoms with Crippen LogP contribution in [0, 0.1) is 34.5 Å². The first-order valence-corrected chi connectivity index (χ1v) is 20.0. The van der Waals surface area contributed by atoms with E-state index in [2.05, 4.69) is 26.8 Å². The minimum Gasteiger partial charge on any atom is -0.394 e. The number of allylic oxidation sites excluding steroid dienone is 1. The Labute approximate surface area is 311 Å². The lowest BCUT2D eigenvalue weighted by atomic mass is 9.46. The summed E-state index contributed by atoms with van der Waals surface area (Å²) in [6.45, 7) is 9.63. The maximum atomic E-state index is 12.7. The summed E-state index contributed by atoms with van der Waals surface area (Å²) >= 11 is 0. The number of ether oxygens (including phenoxy) is 6. The van der Waals surface area contributed by atoms with Gasteiger partial charge in [0.25, 0.3) is 0 Å². The van der Waals surface area contributed by atoms with Gasteiger partial charge < -0.3 is 69.3 Å². The van der Waals surface area contributed by atoms with E-state index in [9.17, 15) is 40.9 Å². The molecule has 4 saturated heterocycles. The van der Waals surface area contributed by atoms with Crippen LogP contribution in [-0.4, -0.2) is 145 Å². The number of rotatable bonds is 5. The smallest absolute Gasteiger partial charge is 0.187 e. The Morgan fingerprint density at radius 3 is 2.25 bits per heavy atom. The lowest BCUT2D eigenvalue weighted by Gasteiger charge is -2.60. The van der Waals surface area contributed by atoms with E-state index in [1.807, 2.05) is 0 Å². The van der Waals surface area contributed by atoms with Crippen molar-refractivity contribution in [1.82, 2.24) is 0 Å². The van der Waals surface area contributed by atoms with Crippen molar-refractivity contribution in [1.29, 1.82) is 0 Å². The van der Waals surface area contributed by atoms with Gasteiger partial charge in [-0.15, -0.1) is 0 Å². The van der Waals surface area contributed by atoms with Crippen molar-refractivity contribution >= 4 is 0 Å². The van der Waals surface area contributed by atoms with Gasteiger partial charge in [-0.3, -0.25) is 0 Å². The molecule has 53 heavy (non-hydrogen) atoms. The van der Waals surface area contributed by atoms with Crippen molar-refractivity contribution in [3.05, 3.63) is 11.6 Å².